The normalized spacial score (nSPS) is 22.0. The van der Waals surface area contributed by atoms with Crippen LogP contribution in [-0.4, -0.2) is 45.4 Å². The number of rotatable bonds is 8. The Bertz CT molecular complexity index is 1320. The Hall–Kier alpha value is -2.16. The van der Waals surface area contributed by atoms with Crippen molar-refractivity contribution in [2.45, 2.75) is 74.0 Å². The molecule has 2 aliphatic rings. The zero-order valence-corrected chi connectivity index (χ0v) is 26.5. The highest BCUT2D eigenvalue weighted by molar-refractivity contribution is 6.76. The maximum atomic E-state index is 12.1. The van der Waals surface area contributed by atoms with Crippen LogP contribution in [0.3, 0.4) is 0 Å². The number of benzene rings is 3. The van der Waals surface area contributed by atoms with Crippen LogP contribution < -0.4 is 5.32 Å². The van der Waals surface area contributed by atoms with Crippen molar-refractivity contribution >= 4 is 40.7 Å². The van der Waals surface area contributed by atoms with E-state index in [1.807, 2.05) is 72.8 Å². The van der Waals surface area contributed by atoms with Crippen LogP contribution in [0.25, 0.3) is 11.1 Å². The number of ether oxygens (including phenoxy) is 2. The molecular weight excluding hydrogens is 607 g/mol. The predicted molar refractivity (Wildman–Crippen MR) is 172 cm³/mol. The molecule has 0 bridgehead atoms. The van der Waals surface area contributed by atoms with Crippen LogP contribution in [0.5, 0.6) is 0 Å². The molecule has 9 heteroatoms. The van der Waals surface area contributed by atoms with Gasteiger partial charge in [-0.1, -0.05) is 127 Å². The van der Waals surface area contributed by atoms with E-state index in [-0.39, 0.29) is 25.4 Å². The monoisotopic (exact) mass is 644 g/mol. The van der Waals surface area contributed by atoms with Crippen LogP contribution in [0.1, 0.15) is 73.2 Å². The van der Waals surface area contributed by atoms with E-state index in [9.17, 15) is 9.90 Å². The first-order chi connectivity index (χ1) is 20.8. The fourth-order valence-electron chi connectivity index (χ4n) is 5.87. The van der Waals surface area contributed by atoms with Crippen molar-refractivity contribution in [2.24, 2.45) is 0 Å². The van der Waals surface area contributed by atoms with Crippen LogP contribution in [0, 0.1) is 0 Å². The van der Waals surface area contributed by atoms with E-state index in [4.69, 9.17) is 44.3 Å². The third-order valence-corrected chi connectivity index (χ3v) is 8.75. The summed E-state index contributed by atoms with van der Waals surface area (Å²) in [5.41, 5.74) is 5.79. The van der Waals surface area contributed by atoms with Crippen LogP contribution in [0.4, 0.5) is 0 Å². The lowest BCUT2D eigenvalue weighted by Crippen LogP contribution is -2.40. The first kappa shape index (κ1) is 32.2. The van der Waals surface area contributed by atoms with Crippen molar-refractivity contribution in [2.75, 3.05) is 19.6 Å². The van der Waals surface area contributed by atoms with Gasteiger partial charge < -0.3 is 24.8 Å². The quantitative estimate of drug-likeness (QED) is 0.247. The fraction of sp³-hybridized carbons (Fsp3) is 0.441. The summed E-state index contributed by atoms with van der Waals surface area (Å²) < 4.78 is 11.2. The van der Waals surface area contributed by atoms with Crippen LogP contribution in [0.2, 0.25) is 0 Å². The molecule has 2 heterocycles. The zero-order valence-electron chi connectivity index (χ0n) is 24.2. The van der Waals surface area contributed by atoms with Gasteiger partial charge in [-0.2, -0.15) is 0 Å². The second kappa shape index (κ2) is 15.2. The van der Waals surface area contributed by atoms with Crippen molar-refractivity contribution < 1.29 is 19.4 Å². The number of hydrogen-bond acceptors (Lipinski definition) is 5. The Morgan fingerprint density at radius 2 is 1.51 bits per heavy atom. The van der Waals surface area contributed by atoms with E-state index in [0.29, 0.717) is 0 Å². The highest BCUT2D eigenvalue weighted by Crippen LogP contribution is 2.39. The Morgan fingerprint density at radius 3 is 2.19 bits per heavy atom. The predicted octanol–water partition coefficient (Wildman–Crippen LogP) is 7.64. The summed E-state index contributed by atoms with van der Waals surface area (Å²) >= 11 is 17.2. The Kier molecular flexibility index (Phi) is 11.4. The van der Waals surface area contributed by atoms with Gasteiger partial charge in [0.1, 0.15) is 0 Å². The van der Waals surface area contributed by atoms with Crippen LogP contribution >= 0.6 is 34.8 Å². The average Bonchev–Trinajstić information content (AvgIpc) is 3.01. The largest absolute Gasteiger partial charge is 0.392 e. The number of carbonyl (C=O) groups is 1. The van der Waals surface area contributed by atoms with E-state index >= 15 is 0 Å². The molecule has 3 aromatic rings. The lowest BCUT2D eigenvalue weighted by atomic mass is 9.97. The van der Waals surface area contributed by atoms with E-state index in [0.717, 1.165) is 59.4 Å². The molecule has 43 heavy (non-hydrogen) atoms. The lowest BCUT2D eigenvalue weighted by molar-refractivity contribution is -0.253. The maximum Gasteiger partial charge on any atom is 0.272 e. The number of amides is 1. The second-order valence-corrected chi connectivity index (χ2v) is 13.7. The molecule has 1 amide bonds. The SMILES string of the molecule is O=C(NCc1ccccc1-c1ccc([C@H]2O[C@@H](CN3CCCCCCC3)C[C@@H](c3ccc(CO)cc3)O2)cc1)C(Cl)(Cl)Cl. The van der Waals surface area contributed by atoms with E-state index in [1.165, 1.54) is 32.1 Å². The molecule has 5 rings (SSSR count). The average molecular weight is 646 g/mol. The number of nitrogens with one attached hydrogen (secondary N) is 1. The van der Waals surface area contributed by atoms with Crippen LogP contribution in [-0.2, 0) is 27.4 Å². The molecule has 3 aromatic carbocycles. The summed E-state index contributed by atoms with van der Waals surface area (Å²) in [4.78, 5) is 14.7. The number of alkyl halides is 3. The van der Waals surface area contributed by atoms with Gasteiger partial charge in [-0.25, -0.2) is 0 Å². The summed E-state index contributed by atoms with van der Waals surface area (Å²) in [6.45, 7) is 3.35. The third kappa shape index (κ3) is 8.95. The van der Waals surface area contributed by atoms with Gasteiger partial charge in [-0.05, 0) is 53.7 Å². The van der Waals surface area contributed by atoms with Gasteiger partial charge in [0.15, 0.2) is 6.29 Å². The van der Waals surface area contributed by atoms with E-state index < -0.39 is 16.0 Å². The molecule has 2 fully saturated rings. The van der Waals surface area contributed by atoms with Crippen molar-refractivity contribution in [3.05, 3.63) is 95.1 Å². The molecule has 0 aliphatic carbocycles. The van der Waals surface area contributed by atoms with Gasteiger partial charge in [-0.3, -0.25) is 4.79 Å². The minimum Gasteiger partial charge on any atom is -0.392 e. The van der Waals surface area contributed by atoms with Crippen molar-refractivity contribution in [1.29, 1.82) is 0 Å². The number of halogens is 3. The fourth-order valence-corrected chi connectivity index (χ4v) is 6.07. The maximum absolute atomic E-state index is 12.1. The number of likely N-dealkylation sites (tertiary alicyclic amines) is 1. The van der Waals surface area contributed by atoms with Gasteiger partial charge in [0.25, 0.3) is 9.70 Å². The molecule has 3 atom stereocenters. The zero-order chi connectivity index (χ0) is 30.2. The highest BCUT2D eigenvalue weighted by Gasteiger charge is 2.33. The van der Waals surface area contributed by atoms with Gasteiger partial charge in [0, 0.05) is 25.1 Å². The molecule has 6 nitrogen and oxygen atoms in total. The number of nitrogens with zero attached hydrogens (tertiary/aromatic N) is 1. The standard InChI is InChI=1S/C34H39Cl3N2O4/c35-34(36,37)33(41)38-21-28-8-4-5-9-30(28)25-14-16-27(17-15-25)32-42-29(22-39-18-6-2-1-3-7-19-39)20-31(43-32)26-12-10-24(23-40)11-13-26/h4-5,8-17,29,31-32,40H,1-3,6-7,18-23H2,(H,38,41)/t29-,31+,32+/m1/s1. The van der Waals surface area contributed by atoms with E-state index in [1.54, 1.807) is 0 Å². The van der Waals surface area contributed by atoms with Gasteiger partial charge in [0.05, 0.1) is 18.8 Å². The van der Waals surface area contributed by atoms with Gasteiger partial charge in [-0.15, -0.1) is 0 Å². The minimum absolute atomic E-state index is 0.0177. The van der Waals surface area contributed by atoms with Gasteiger partial charge >= 0.3 is 0 Å². The molecular formula is C34H39Cl3N2O4. The van der Waals surface area contributed by atoms with Crippen molar-refractivity contribution in [3.8, 4) is 11.1 Å². The summed E-state index contributed by atoms with van der Waals surface area (Å²) in [7, 11) is 0. The Morgan fingerprint density at radius 1 is 0.860 bits per heavy atom. The summed E-state index contributed by atoms with van der Waals surface area (Å²) in [5.74, 6) is -0.667. The topological polar surface area (TPSA) is 71.0 Å². The molecule has 0 unspecified atom stereocenters. The Labute approximate surface area is 269 Å². The number of aliphatic hydroxyl groups excluding tert-OH is 1. The van der Waals surface area contributed by atoms with Crippen LogP contribution in [0.15, 0.2) is 72.8 Å². The molecule has 2 N–H and O–H groups in total. The first-order valence-electron chi connectivity index (χ1n) is 15.1. The summed E-state index contributed by atoms with van der Waals surface area (Å²) in [6.07, 6.45) is 6.56. The number of aliphatic hydroxyl groups is 1. The molecule has 2 saturated heterocycles. The molecule has 2 aliphatic heterocycles. The van der Waals surface area contributed by atoms with Crippen molar-refractivity contribution in [1.82, 2.24) is 10.2 Å². The summed E-state index contributed by atoms with van der Waals surface area (Å²) in [5, 5.41) is 12.2. The third-order valence-electron chi connectivity index (χ3n) is 8.23. The molecule has 0 saturated carbocycles. The van der Waals surface area contributed by atoms with Gasteiger partial charge in [0.2, 0.25) is 0 Å². The number of carbonyl (C=O) groups excluding carboxylic acids is 1. The lowest BCUT2D eigenvalue weighted by Gasteiger charge is -2.39. The van der Waals surface area contributed by atoms with Crippen molar-refractivity contribution in [3.63, 3.8) is 0 Å². The first-order valence-corrected chi connectivity index (χ1v) is 16.2. The molecule has 0 spiro atoms. The smallest absolute Gasteiger partial charge is 0.272 e. The van der Waals surface area contributed by atoms with E-state index in [2.05, 4.69) is 10.2 Å². The number of hydrogen-bond donors (Lipinski definition) is 2. The molecule has 0 radical (unpaired) electrons. The highest BCUT2D eigenvalue weighted by atomic mass is 35.6. The second-order valence-electron chi connectivity index (χ2n) is 11.4. The Balaban J connectivity index is 1.34. The summed E-state index contributed by atoms with van der Waals surface area (Å²) in [6, 6.07) is 24.0. The molecule has 0 aromatic heterocycles. The molecule has 230 valence electrons. The minimum atomic E-state index is -2.01.